The smallest absolute Gasteiger partial charge is 0.252 e. The largest absolute Gasteiger partial charge is 0.352 e. The molecule has 6 nitrogen and oxygen atoms in total. The highest BCUT2D eigenvalue weighted by Crippen LogP contribution is 2.25. The molecule has 1 saturated heterocycles. The lowest BCUT2D eigenvalue weighted by molar-refractivity contribution is 0.0939. The number of rotatable bonds is 6. The van der Waals surface area contributed by atoms with Gasteiger partial charge in [-0.25, -0.2) is 0 Å². The molecule has 2 heterocycles. The average Bonchev–Trinajstić information content (AvgIpc) is 2.89. The van der Waals surface area contributed by atoms with Gasteiger partial charge in [0.25, 0.3) is 5.91 Å². The highest BCUT2D eigenvalue weighted by Gasteiger charge is 2.19. The lowest BCUT2D eigenvalue weighted by Crippen LogP contribution is -2.48. The number of nitrogens with one attached hydrogen (secondary N) is 2. The number of benzene rings is 1. The van der Waals surface area contributed by atoms with Crippen LogP contribution in [0.5, 0.6) is 0 Å². The van der Waals surface area contributed by atoms with Gasteiger partial charge in [-0.1, -0.05) is 17.3 Å². The maximum Gasteiger partial charge on any atom is 0.252 e. The van der Waals surface area contributed by atoms with E-state index in [0.717, 1.165) is 18.0 Å². The first-order chi connectivity index (χ1) is 10.7. The summed E-state index contributed by atoms with van der Waals surface area (Å²) in [5.74, 6) is 2.26. The fourth-order valence-corrected chi connectivity index (χ4v) is 3.03. The molecule has 3 rings (SSSR count). The number of carbonyl (C=O) groups is 1. The average molecular weight is 318 g/mol. The normalized spacial score (nSPS) is 14.6. The number of amides is 1. The molecule has 116 valence electrons. The molecular weight excluding hydrogens is 300 g/mol. The lowest BCUT2D eigenvalue weighted by atomic mass is 10.0. The topological polar surface area (TPSA) is 80.0 Å². The number of aromatic nitrogens is 2. The third kappa shape index (κ3) is 3.66. The van der Waals surface area contributed by atoms with Crippen LogP contribution in [0.2, 0.25) is 0 Å². The van der Waals surface area contributed by atoms with Gasteiger partial charge in [-0.15, -0.1) is 11.8 Å². The van der Waals surface area contributed by atoms with Crippen molar-refractivity contribution in [3.05, 3.63) is 41.5 Å². The minimum atomic E-state index is -0.0308. The molecule has 1 fully saturated rings. The summed E-state index contributed by atoms with van der Waals surface area (Å²) in [5, 5.41) is 9.96. The van der Waals surface area contributed by atoms with Crippen LogP contribution >= 0.6 is 11.8 Å². The summed E-state index contributed by atoms with van der Waals surface area (Å²) in [6, 6.07) is 7.58. The van der Waals surface area contributed by atoms with Crippen molar-refractivity contribution in [2.75, 3.05) is 19.6 Å². The van der Waals surface area contributed by atoms with Gasteiger partial charge in [0.15, 0.2) is 5.82 Å². The van der Waals surface area contributed by atoms with E-state index in [2.05, 4.69) is 20.8 Å². The van der Waals surface area contributed by atoms with Crippen LogP contribution in [0.1, 0.15) is 22.1 Å². The van der Waals surface area contributed by atoms with Crippen LogP contribution in [0.15, 0.2) is 33.7 Å². The summed E-state index contributed by atoms with van der Waals surface area (Å²) in [6.07, 6.45) is 0. The van der Waals surface area contributed by atoms with Crippen LogP contribution < -0.4 is 10.6 Å². The Balaban J connectivity index is 1.62. The zero-order valence-electron chi connectivity index (χ0n) is 12.3. The van der Waals surface area contributed by atoms with Crippen molar-refractivity contribution in [2.24, 2.45) is 5.92 Å². The summed E-state index contributed by atoms with van der Waals surface area (Å²) in [5.41, 5.74) is 0.691. The molecule has 7 heteroatoms. The second-order valence-electron chi connectivity index (χ2n) is 5.25. The SMILES string of the molecule is Cc1noc(CSc2ccccc2C(=O)NCC2CNC2)n1. The van der Waals surface area contributed by atoms with E-state index < -0.39 is 0 Å². The number of hydrogen-bond donors (Lipinski definition) is 2. The number of nitrogens with zero attached hydrogens (tertiary/aromatic N) is 2. The van der Waals surface area contributed by atoms with Gasteiger partial charge in [0.2, 0.25) is 5.89 Å². The molecule has 0 atom stereocenters. The second-order valence-corrected chi connectivity index (χ2v) is 6.27. The quantitative estimate of drug-likeness (QED) is 0.788. The van der Waals surface area contributed by atoms with Crippen LogP contribution in [0.3, 0.4) is 0 Å². The van der Waals surface area contributed by atoms with Gasteiger partial charge in [-0.05, 0) is 19.1 Å². The van der Waals surface area contributed by atoms with E-state index in [-0.39, 0.29) is 5.91 Å². The van der Waals surface area contributed by atoms with Gasteiger partial charge in [-0.2, -0.15) is 4.98 Å². The number of carbonyl (C=O) groups excluding carboxylic acids is 1. The Hall–Kier alpha value is -1.86. The number of thioether (sulfide) groups is 1. The predicted molar refractivity (Wildman–Crippen MR) is 83.7 cm³/mol. The van der Waals surface area contributed by atoms with E-state index in [1.807, 2.05) is 24.3 Å². The highest BCUT2D eigenvalue weighted by molar-refractivity contribution is 7.98. The standard InChI is InChI=1S/C15H18N4O2S/c1-10-18-14(21-19-10)9-22-13-5-3-2-4-12(13)15(20)17-8-11-6-16-7-11/h2-5,11,16H,6-9H2,1H3,(H,17,20). The Labute approximate surface area is 133 Å². The second kappa shape index (κ2) is 6.93. The number of hydrogen-bond acceptors (Lipinski definition) is 6. The van der Waals surface area contributed by atoms with Crippen LogP contribution in [0.25, 0.3) is 0 Å². The predicted octanol–water partition coefficient (Wildman–Crippen LogP) is 1.62. The summed E-state index contributed by atoms with van der Waals surface area (Å²) in [7, 11) is 0. The van der Waals surface area contributed by atoms with Gasteiger partial charge in [0.05, 0.1) is 11.3 Å². The molecule has 2 N–H and O–H groups in total. The van der Waals surface area contributed by atoms with Crippen molar-refractivity contribution < 1.29 is 9.32 Å². The lowest BCUT2D eigenvalue weighted by Gasteiger charge is -2.27. The first kappa shape index (κ1) is 15.1. The zero-order valence-corrected chi connectivity index (χ0v) is 13.2. The monoisotopic (exact) mass is 318 g/mol. The van der Waals surface area contributed by atoms with E-state index in [9.17, 15) is 4.79 Å². The molecule has 0 unspecified atom stereocenters. The van der Waals surface area contributed by atoms with Crippen molar-refractivity contribution in [3.8, 4) is 0 Å². The first-order valence-corrected chi connectivity index (χ1v) is 8.21. The molecule has 1 aliphatic rings. The van der Waals surface area contributed by atoms with Gasteiger partial charge >= 0.3 is 0 Å². The molecule has 22 heavy (non-hydrogen) atoms. The molecule has 0 saturated carbocycles. The van der Waals surface area contributed by atoms with Crippen LogP contribution in [0.4, 0.5) is 0 Å². The van der Waals surface area contributed by atoms with Crippen molar-refractivity contribution in [3.63, 3.8) is 0 Å². The van der Waals surface area contributed by atoms with E-state index >= 15 is 0 Å². The molecule has 1 aromatic heterocycles. The Morgan fingerprint density at radius 2 is 2.27 bits per heavy atom. The Morgan fingerprint density at radius 3 is 2.95 bits per heavy atom. The van der Waals surface area contributed by atoms with E-state index in [1.165, 1.54) is 11.8 Å². The van der Waals surface area contributed by atoms with E-state index in [4.69, 9.17) is 4.52 Å². The van der Waals surface area contributed by atoms with Crippen molar-refractivity contribution in [1.29, 1.82) is 0 Å². The van der Waals surface area contributed by atoms with Crippen LogP contribution in [0, 0.1) is 12.8 Å². The Morgan fingerprint density at radius 1 is 1.45 bits per heavy atom. The molecular formula is C15H18N4O2S. The third-order valence-corrected chi connectivity index (χ3v) is 4.53. The van der Waals surface area contributed by atoms with Gasteiger partial charge in [0.1, 0.15) is 0 Å². The summed E-state index contributed by atoms with van der Waals surface area (Å²) >= 11 is 1.53. The molecule has 1 amide bonds. The van der Waals surface area contributed by atoms with E-state index in [1.54, 1.807) is 6.92 Å². The fraction of sp³-hybridized carbons (Fsp3) is 0.400. The van der Waals surface area contributed by atoms with Gasteiger partial charge < -0.3 is 15.2 Å². The Bertz CT molecular complexity index is 654. The molecule has 1 aliphatic heterocycles. The zero-order chi connectivity index (χ0) is 15.4. The molecule has 0 aliphatic carbocycles. The van der Waals surface area contributed by atoms with Crippen LogP contribution in [-0.4, -0.2) is 35.7 Å². The summed E-state index contributed by atoms with van der Waals surface area (Å²) in [6.45, 7) is 4.46. The molecule has 0 spiro atoms. The fourth-order valence-electron chi connectivity index (χ4n) is 2.14. The maximum absolute atomic E-state index is 12.3. The molecule has 2 aromatic rings. The molecule has 1 aromatic carbocycles. The number of aryl methyl sites for hydroxylation is 1. The van der Waals surface area contributed by atoms with Crippen molar-refractivity contribution in [1.82, 2.24) is 20.8 Å². The summed E-state index contributed by atoms with van der Waals surface area (Å²) < 4.78 is 5.10. The Kier molecular flexibility index (Phi) is 4.74. The van der Waals surface area contributed by atoms with Crippen LogP contribution in [-0.2, 0) is 5.75 Å². The van der Waals surface area contributed by atoms with E-state index in [0.29, 0.717) is 35.5 Å². The summed E-state index contributed by atoms with van der Waals surface area (Å²) in [4.78, 5) is 17.4. The van der Waals surface area contributed by atoms with Gasteiger partial charge in [0, 0.05) is 30.4 Å². The minimum Gasteiger partial charge on any atom is -0.352 e. The minimum absolute atomic E-state index is 0.0308. The highest BCUT2D eigenvalue weighted by atomic mass is 32.2. The van der Waals surface area contributed by atoms with Gasteiger partial charge in [-0.3, -0.25) is 4.79 Å². The van der Waals surface area contributed by atoms with Crippen molar-refractivity contribution in [2.45, 2.75) is 17.6 Å². The van der Waals surface area contributed by atoms with Crippen molar-refractivity contribution >= 4 is 17.7 Å². The molecule has 0 bridgehead atoms. The first-order valence-electron chi connectivity index (χ1n) is 7.22. The maximum atomic E-state index is 12.3. The molecule has 0 radical (unpaired) electrons. The third-order valence-electron chi connectivity index (χ3n) is 3.47.